The summed E-state index contributed by atoms with van der Waals surface area (Å²) in [4.78, 5) is 10.4. The Hall–Kier alpha value is -1.21. The molecule has 0 aliphatic carbocycles. The average Bonchev–Trinajstić information content (AvgIpc) is 2.11. The summed E-state index contributed by atoms with van der Waals surface area (Å²) in [6.07, 6.45) is -11.0. The highest BCUT2D eigenvalue weighted by molar-refractivity contribution is 5.91. The minimum atomic E-state index is -5.64. The van der Waals surface area contributed by atoms with Gasteiger partial charge in [-0.15, -0.1) is 0 Å². The predicted octanol–water partition coefficient (Wildman–Crippen LogP) is 2.34. The van der Waals surface area contributed by atoms with E-state index in [9.17, 15) is 31.1 Å². The maximum atomic E-state index is 12.6. The Labute approximate surface area is 87.1 Å². The molecule has 0 aromatic rings. The molecule has 0 aliphatic heterocycles. The van der Waals surface area contributed by atoms with Crippen molar-refractivity contribution >= 4 is 5.91 Å². The number of hydrogen-bond acceptors (Lipinski definition) is 1. The molecule has 0 saturated carbocycles. The Bertz CT molecular complexity index is 295. The first-order valence-electron chi connectivity index (χ1n) is 4.03. The van der Waals surface area contributed by atoms with E-state index in [1.807, 2.05) is 0 Å². The Kier molecular flexibility index (Phi) is 4.39. The van der Waals surface area contributed by atoms with Gasteiger partial charge in [0, 0.05) is 12.0 Å². The highest BCUT2D eigenvalue weighted by Gasteiger charge is 2.55. The summed E-state index contributed by atoms with van der Waals surface area (Å²) in [6.45, 7) is 1.04. The first kappa shape index (κ1) is 14.8. The van der Waals surface area contributed by atoms with Crippen molar-refractivity contribution in [3.05, 3.63) is 11.6 Å². The van der Waals surface area contributed by atoms with Crippen LogP contribution < -0.4 is 5.73 Å². The van der Waals surface area contributed by atoms with Crippen LogP contribution in [0.4, 0.5) is 26.3 Å². The second kappa shape index (κ2) is 4.75. The van der Waals surface area contributed by atoms with Crippen LogP contribution in [0.1, 0.15) is 13.3 Å². The van der Waals surface area contributed by atoms with Gasteiger partial charge in [-0.25, -0.2) is 13.2 Å². The summed E-state index contributed by atoms with van der Waals surface area (Å²) in [7, 11) is 0. The molecular weight excluding hydrogens is 240 g/mol. The molecule has 0 aromatic carbocycles. The lowest BCUT2D eigenvalue weighted by molar-refractivity contribution is -0.243. The minimum absolute atomic E-state index is 0.353. The molecule has 0 heterocycles. The molecule has 0 spiro atoms. The Morgan fingerprint density at radius 3 is 2.06 bits per heavy atom. The molecule has 94 valence electrons. The number of halogens is 6. The van der Waals surface area contributed by atoms with Gasteiger partial charge >= 0.3 is 6.18 Å². The van der Waals surface area contributed by atoms with Crippen molar-refractivity contribution in [1.82, 2.24) is 0 Å². The molecule has 0 rings (SSSR count). The quantitative estimate of drug-likeness (QED) is 0.603. The molecule has 0 aliphatic rings. The minimum Gasteiger partial charge on any atom is -0.366 e. The van der Waals surface area contributed by atoms with Gasteiger partial charge < -0.3 is 5.73 Å². The van der Waals surface area contributed by atoms with Crippen molar-refractivity contribution in [3.63, 3.8) is 0 Å². The molecule has 1 unspecified atom stereocenters. The summed E-state index contributed by atoms with van der Waals surface area (Å²) in [5.41, 5.74) is 4.31. The first-order chi connectivity index (χ1) is 6.98. The van der Waals surface area contributed by atoms with Crippen LogP contribution in [-0.4, -0.2) is 24.2 Å². The average molecular weight is 249 g/mol. The summed E-state index contributed by atoms with van der Waals surface area (Å²) in [6, 6.07) is 0. The molecule has 1 atom stereocenters. The van der Waals surface area contributed by atoms with Crippen molar-refractivity contribution < 1.29 is 31.1 Å². The predicted molar refractivity (Wildman–Crippen MR) is 43.5 cm³/mol. The Morgan fingerprint density at radius 1 is 1.31 bits per heavy atom. The van der Waals surface area contributed by atoms with Gasteiger partial charge in [0.25, 0.3) is 12.1 Å². The van der Waals surface area contributed by atoms with Gasteiger partial charge in [-0.2, -0.15) is 13.2 Å². The largest absolute Gasteiger partial charge is 0.425 e. The summed E-state index contributed by atoms with van der Waals surface area (Å²) in [5.74, 6) is -5.67. The topological polar surface area (TPSA) is 43.1 Å². The third kappa shape index (κ3) is 4.11. The highest BCUT2D eigenvalue weighted by Crippen LogP contribution is 2.37. The van der Waals surface area contributed by atoms with Crippen molar-refractivity contribution in [2.45, 2.75) is 31.6 Å². The second-order valence-electron chi connectivity index (χ2n) is 3.12. The zero-order chi connectivity index (χ0) is 13.1. The lowest BCUT2D eigenvalue weighted by Gasteiger charge is -2.21. The maximum Gasteiger partial charge on any atom is 0.425 e. The lowest BCUT2D eigenvalue weighted by Crippen LogP contribution is -2.41. The van der Waals surface area contributed by atoms with E-state index in [0.717, 1.165) is 6.92 Å². The zero-order valence-electron chi connectivity index (χ0n) is 8.12. The fourth-order valence-corrected chi connectivity index (χ4v) is 0.733. The lowest BCUT2D eigenvalue weighted by atomic mass is 10.1. The number of primary amides is 1. The second-order valence-corrected chi connectivity index (χ2v) is 3.12. The highest BCUT2D eigenvalue weighted by atomic mass is 19.4. The van der Waals surface area contributed by atoms with Crippen LogP contribution in [0.15, 0.2) is 11.6 Å². The van der Waals surface area contributed by atoms with Crippen molar-refractivity contribution in [2.24, 2.45) is 5.73 Å². The Balaban J connectivity index is 4.71. The molecule has 0 aromatic heterocycles. The van der Waals surface area contributed by atoms with E-state index in [1.165, 1.54) is 0 Å². The maximum absolute atomic E-state index is 12.6. The van der Waals surface area contributed by atoms with Crippen LogP contribution in [0.3, 0.4) is 0 Å². The number of nitrogens with two attached hydrogens (primary N) is 1. The fraction of sp³-hybridized carbons (Fsp3) is 0.625. The van der Waals surface area contributed by atoms with E-state index < -0.39 is 30.6 Å². The fourth-order valence-electron chi connectivity index (χ4n) is 0.733. The number of rotatable bonds is 4. The summed E-state index contributed by atoms with van der Waals surface area (Å²) < 4.78 is 72.6. The first-order valence-corrected chi connectivity index (χ1v) is 4.03. The number of hydrogen-bond donors (Lipinski definition) is 1. The normalized spacial score (nSPS) is 16.1. The molecule has 0 fully saturated rings. The third-order valence-corrected chi connectivity index (χ3v) is 1.73. The number of amides is 1. The molecule has 2 nitrogen and oxygen atoms in total. The molecule has 1 amide bonds. The van der Waals surface area contributed by atoms with Crippen molar-refractivity contribution in [1.29, 1.82) is 0 Å². The number of carbonyl (C=O) groups excluding carboxylic acids is 1. The molecule has 8 heteroatoms. The number of alkyl halides is 6. The van der Waals surface area contributed by atoms with Gasteiger partial charge in [0.05, 0.1) is 0 Å². The molecule has 16 heavy (non-hydrogen) atoms. The van der Waals surface area contributed by atoms with Gasteiger partial charge in [0.2, 0.25) is 5.91 Å². The van der Waals surface area contributed by atoms with Crippen LogP contribution in [0, 0.1) is 0 Å². The van der Waals surface area contributed by atoms with Crippen LogP contribution in [0.25, 0.3) is 0 Å². The SMILES string of the molecule is C/C(=C\CC(F)(F)C(F)C(F)(F)F)C(N)=O. The van der Waals surface area contributed by atoms with E-state index in [2.05, 4.69) is 5.73 Å². The molecule has 0 saturated heterocycles. The van der Waals surface area contributed by atoms with Crippen LogP contribution in [0.2, 0.25) is 0 Å². The zero-order valence-corrected chi connectivity index (χ0v) is 8.12. The number of carbonyl (C=O) groups is 1. The molecular formula is C8H9F6NO. The molecule has 0 bridgehead atoms. The van der Waals surface area contributed by atoms with Crippen LogP contribution >= 0.6 is 0 Å². The van der Waals surface area contributed by atoms with Gasteiger partial charge in [-0.05, 0) is 6.92 Å². The van der Waals surface area contributed by atoms with E-state index in [1.54, 1.807) is 0 Å². The van der Waals surface area contributed by atoms with E-state index in [4.69, 9.17) is 0 Å². The summed E-state index contributed by atoms with van der Waals surface area (Å²) >= 11 is 0. The van der Waals surface area contributed by atoms with Crippen LogP contribution in [-0.2, 0) is 4.79 Å². The third-order valence-electron chi connectivity index (χ3n) is 1.73. The van der Waals surface area contributed by atoms with E-state index in [0.29, 0.717) is 6.08 Å². The smallest absolute Gasteiger partial charge is 0.366 e. The van der Waals surface area contributed by atoms with Gasteiger partial charge in [0.15, 0.2) is 0 Å². The van der Waals surface area contributed by atoms with E-state index >= 15 is 0 Å². The Morgan fingerprint density at radius 2 is 1.75 bits per heavy atom. The number of allylic oxidation sites excluding steroid dienone is 1. The van der Waals surface area contributed by atoms with Crippen molar-refractivity contribution in [2.75, 3.05) is 0 Å². The van der Waals surface area contributed by atoms with Gasteiger partial charge in [-0.1, -0.05) is 6.08 Å². The molecule has 2 N–H and O–H groups in total. The monoisotopic (exact) mass is 249 g/mol. The van der Waals surface area contributed by atoms with E-state index in [-0.39, 0.29) is 5.57 Å². The van der Waals surface area contributed by atoms with Gasteiger partial charge in [-0.3, -0.25) is 4.79 Å². The van der Waals surface area contributed by atoms with Gasteiger partial charge in [0.1, 0.15) is 0 Å². The van der Waals surface area contributed by atoms with Crippen LogP contribution in [0.5, 0.6) is 0 Å². The van der Waals surface area contributed by atoms with Crippen molar-refractivity contribution in [3.8, 4) is 0 Å². The standard InChI is InChI=1S/C8H9F6NO/c1-4(5(15)16)2-3-7(10,11)6(9)8(12,13)14/h2,6H,3H2,1H3,(H2,15,16)/b4-2+. The molecule has 0 radical (unpaired) electrons. The summed E-state index contributed by atoms with van der Waals surface area (Å²) in [5, 5.41) is 0.